The van der Waals surface area contributed by atoms with E-state index in [1.807, 2.05) is 6.92 Å². The molecule has 0 bridgehead atoms. The average Bonchev–Trinajstić information content (AvgIpc) is 2.65. The molecule has 2 aromatic rings. The number of aldehydes is 1. The van der Waals surface area contributed by atoms with Crippen LogP contribution in [0.25, 0.3) is 11.5 Å². The normalized spacial score (nSPS) is 10.1. The second kappa shape index (κ2) is 3.41. The highest BCUT2D eigenvalue weighted by atomic mass is 16.3. The molecule has 0 atom stereocenters. The molecule has 70 valence electrons. The van der Waals surface area contributed by atoms with Gasteiger partial charge in [-0.15, -0.1) is 0 Å². The predicted molar refractivity (Wildman–Crippen MR) is 49.9 cm³/mol. The zero-order valence-corrected chi connectivity index (χ0v) is 7.60. The van der Waals surface area contributed by atoms with Gasteiger partial charge >= 0.3 is 0 Å². The summed E-state index contributed by atoms with van der Waals surface area (Å²) < 4.78 is 5.20. The Balaban J connectivity index is 2.55. The average molecular weight is 188 g/mol. The number of hydrogen-bond acceptors (Lipinski definition) is 4. The van der Waals surface area contributed by atoms with Crippen molar-refractivity contribution in [1.29, 1.82) is 0 Å². The van der Waals surface area contributed by atoms with Gasteiger partial charge in [-0.05, 0) is 13.0 Å². The lowest BCUT2D eigenvalue weighted by Crippen LogP contribution is -1.88. The van der Waals surface area contributed by atoms with Crippen LogP contribution in [0.15, 0.2) is 29.1 Å². The third-order valence-corrected chi connectivity index (χ3v) is 1.83. The van der Waals surface area contributed by atoms with Crippen LogP contribution in [0.3, 0.4) is 0 Å². The van der Waals surface area contributed by atoms with Gasteiger partial charge in [0, 0.05) is 18.0 Å². The fourth-order valence-electron chi connectivity index (χ4n) is 1.17. The summed E-state index contributed by atoms with van der Waals surface area (Å²) in [5, 5.41) is 0. The van der Waals surface area contributed by atoms with Crippen molar-refractivity contribution in [3.63, 3.8) is 0 Å². The van der Waals surface area contributed by atoms with Gasteiger partial charge in [0.1, 0.15) is 6.26 Å². The second-order valence-electron chi connectivity index (χ2n) is 2.87. The monoisotopic (exact) mass is 188 g/mol. The highest BCUT2D eigenvalue weighted by molar-refractivity contribution is 5.84. The molecule has 0 saturated carbocycles. The Morgan fingerprint density at radius 3 is 3.00 bits per heavy atom. The summed E-state index contributed by atoms with van der Waals surface area (Å²) in [5.74, 6) is 0.451. The van der Waals surface area contributed by atoms with E-state index in [1.165, 1.54) is 6.20 Å². The summed E-state index contributed by atoms with van der Waals surface area (Å²) in [5.41, 5.74) is 1.94. The Labute approximate surface area is 80.6 Å². The number of oxazole rings is 1. The summed E-state index contributed by atoms with van der Waals surface area (Å²) in [7, 11) is 0. The minimum atomic E-state index is 0.451. The molecule has 2 aromatic heterocycles. The van der Waals surface area contributed by atoms with Crippen molar-refractivity contribution in [2.45, 2.75) is 6.92 Å². The van der Waals surface area contributed by atoms with Gasteiger partial charge in [-0.3, -0.25) is 9.78 Å². The van der Waals surface area contributed by atoms with E-state index in [9.17, 15) is 4.79 Å². The van der Waals surface area contributed by atoms with E-state index in [0.29, 0.717) is 17.0 Å². The Hall–Kier alpha value is -1.97. The largest absolute Gasteiger partial charge is 0.444 e. The van der Waals surface area contributed by atoms with Crippen molar-refractivity contribution < 1.29 is 9.21 Å². The van der Waals surface area contributed by atoms with Crippen LogP contribution in [0.4, 0.5) is 0 Å². The lowest BCUT2D eigenvalue weighted by atomic mass is 10.1. The van der Waals surface area contributed by atoms with Crippen LogP contribution >= 0.6 is 0 Å². The molecule has 2 heterocycles. The Bertz CT molecular complexity index is 463. The van der Waals surface area contributed by atoms with Crippen LogP contribution in [0.5, 0.6) is 0 Å². The number of nitrogens with zero attached hydrogens (tertiary/aromatic N) is 2. The molecule has 14 heavy (non-hydrogen) atoms. The molecule has 4 nitrogen and oxygen atoms in total. The first-order valence-corrected chi connectivity index (χ1v) is 4.13. The van der Waals surface area contributed by atoms with Crippen LogP contribution in [0, 0.1) is 6.92 Å². The Kier molecular flexibility index (Phi) is 2.10. The summed E-state index contributed by atoms with van der Waals surface area (Å²) in [4.78, 5) is 18.7. The minimum Gasteiger partial charge on any atom is -0.444 e. The molecule has 0 saturated heterocycles. The van der Waals surface area contributed by atoms with Gasteiger partial charge in [-0.1, -0.05) is 0 Å². The summed E-state index contributed by atoms with van der Waals surface area (Å²) >= 11 is 0. The van der Waals surface area contributed by atoms with Gasteiger partial charge in [-0.2, -0.15) is 0 Å². The molecule has 0 aliphatic heterocycles. The van der Waals surface area contributed by atoms with Crippen molar-refractivity contribution in [2.75, 3.05) is 0 Å². The van der Waals surface area contributed by atoms with Gasteiger partial charge < -0.3 is 4.42 Å². The van der Waals surface area contributed by atoms with E-state index in [0.717, 1.165) is 12.0 Å². The fourth-order valence-corrected chi connectivity index (χ4v) is 1.17. The molecule has 0 spiro atoms. The molecule has 0 aromatic carbocycles. The lowest BCUT2D eigenvalue weighted by molar-refractivity contribution is 0.112. The molecular formula is C10H8N2O2. The number of carbonyl (C=O) groups is 1. The first-order chi connectivity index (χ1) is 6.81. The summed E-state index contributed by atoms with van der Waals surface area (Å²) in [6.45, 7) is 1.83. The van der Waals surface area contributed by atoms with Crippen molar-refractivity contribution >= 4 is 6.29 Å². The number of aromatic nitrogens is 2. The molecule has 0 aliphatic rings. The molecule has 0 fully saturated rings. The molecular weight excluding hydrogens is 180 g/mol. The third-order valence-electron chi connectivity index (χ3n) is 1.83. The SMILES string of the molecule is Cc1coc(-c2ccncc2C=O)n1. The minimum absolute atomic E-state index is 0.451. The highest BCUT2D eigenvalue weighted by Crippen LogP contribution is 2.20. The Morgan fingerprint density at radius 2 is 2.36 bits per heavy atom. The molecule has 0 unspecified atom stereocenters. The smallest absolute Gasteiger partial charge is 0.226 e. The third kappa shape index (κ3) is 1.42. The number of carbonyl (C=O) groups excluding carboxylic acids is 1. The predicted octanol–water partition coefficient (Wildman–Crippen LogP) is 1.86. The van der Waals surface area contributed by atoms with Gasteiger partial charge in [-0.25, -0.2) is 4.98 Å². The standard InChI is InChI=1S/C10H8N2O2/c1-7-6-14-10(12-7)9-2-3-11-4-8(9)5-13/h2-6H,1H3. The van der Waals surface area contributed by atoms with Crippen LogP contribution in [-0.4, -0.2) is 16.3 Å². The van der Waals surface area contributed by atoms with Crippen molar-refractivity contribution in [3.8, 4) is 11.5 Å². The first-order valence-electron chi connectivity index (χ1n) is 4.13. The van der Waals surface area contributed by atoms with Gasteiger partial charge in [0.15, 0.2) is 6.29 Å². The second-order valence-corrected chi connectivity index (χ2v) is 2.87. The molecule has 0 N–H and O–H groups in total. The highest BCUT2D eigenvalue weighted by Gasteiger charge is 2.08. The van der Waals surface area contributed by atoms with Crippen molar-refractivity contribution in [1.82, 2.24) is 9.97 Å². The number of aryl methyl sites for hydroxylation is 1. The quantitative estimate of drug-likeness (QED) is 0.675. The van der Waals surface area contributed by atoms with E-state index in [1.54, 1.807) is 18.5 Å². The number of hydrogen-bond donors (Lipinski definition) is 0. The molecule has 0 aliphatic carbocycles. The maximum atomic E-state index is 10.7. The van der Waals surface area contributed by atoms with E-state index >= 15 is 0 Å². The van der Waals surface area contributed by atoms with E-state index < -0.39 is 0 Å². The van der Waals surface area contributed by atoms with Crippen LogP contribution < -0.4 is 0 Å². The maximum absolute atomic E-state index is 10.7. The van der Waals surface area contributed by atoms with Crippen molar-refractivity contribution in [3.05, 3.63) is 36.0 Å². The van der Waals surface area contributed by atoms with E-state index in [-0.39, 0.29) is 0 Å². The van der Waals surface area contributed by atoms with Crippen LogP contribution in [-0.2, 0) is 0 Å². The van der Waals surface area contributed by atoms with Gasteiger partial charge in [0.2, 0.25) is 5.89 Å². The topological polar surface area (TPSA) is 56.0 Å². The molecule has 4 heteroatoms. The maximum Gasteiger partial charge on any atom is 0.226 e. The summed E-state index contributed by atoms with van der Waals surface area (Å²) in [6.07, 6.45) is 5.37. The van der Waals surface area contributed by atoms with E-state index in [4.69, 9.17) is 4.42 Å². The van der Waals surface area contributed by atoms with Crippen molar-refractivity contribution in [2.24, 2.45) is 0 Å². The molecule has 0 radical (unpaired) electrons. The van der Waals surface area contributed by atoms with E-state index in [2.05, 4.69) is 9.97 Å². The number of rotatable bonds is 2. The zero-order chi connectivity index (χ0) is 9.97. The fraction of sp³-hybridized carbons (Fsp3) is 0.100. The van der Waals surface area contributed by atoms with Gasteiger partial charge in [0.05, 0.1) is 11.3 Å². The lowest BCUT2D eigenvalue weighted by Gasteiger charge is -1.97. The zero-order valence-electron chi connectivity index (χ0n) is 7.60. The van der Waals surface area contributed by atoms with Crippen LogP contribution in [0.2, 0.25) is 0 Å². The first kappa shape index (κ1) is 8.62. The van der Waals surface area contributed by atoms with Crippen LogP contribution in [0.1, 0.15) is 16.1 Å². The molecule has 0 amide bonds. The number of pyridine rings is 1. The van der Waals surface area contributed by atoms with Gasteiger partial charge in [0.25, 0.3) is 0 Å². The summed E-state index contributed by atoms with van der Waals surface area (Å²) in [6, 6.07) is 1.70. The Morgan fingerprint density at radius 1 is 1.50 bits per heavy atom. The molecule has 2 rings (SSSR count).